The molecule has 6 nitrogen and oxygen atoms in total. The van der Waals surface area contributed by atoms with Gasteiger partial charge >= 0.3 is 5.97 Å². The van der Waals surface area contributed by atoms with E-state index in [-0.39, 0.29) is 11.7 Å². The van der Waals surface area contributed by atoms with Gasteiger partial charge in [0.15, 0.2) is 0 Å². The molecule has 96 valence electrons. The van der Waals surface area contributed by atoms with Gasteiger partial charge in [0.25, 0.3) is 5.69 Å². The van der Waals surface area contributed by atoms with Crippen LogP contribution in [0.2, 0.25) is 0 Å². The third kappa shape index (κ3) is 2.33. The average Bonchev–Trinajstić information content (AvgIpc) is 2.32. The third-order valence-corrected chi connectivity index (χ3v) is 3.08. The van der Waals surface area contributed by atoms with Crippen LogP contribution in [0.3, 0.4) is 0 Å². The van der Waals surface area contributed by atoms with Gasteiger partial charge in [-0.25, -0.2) is 4.79 Å². The molecule has 0 bridgehead atoms. The van der Waals surface area contributed by atoms with E-state index in [0.29, 0.717) is 5.56 Å². The molecule has 1 unspecified atom stereocenters. The summed E-state index contributed by atoms with van der Waals surface area (Å²) in [5, 5.41) is 10.7. The molecular formula is C12H14N2O4. The summed E-state index contributed by atoms with van der Waals surface area (Å²) < 4.78 is 4.77. The molecule has 0 aliphatic carbocycles. The molecule has 1 aromatic rings. The van der Waals surface area contributed by atoms with Crippen molar-refractivity contribution in [3.05, 3.63) is 39.9 Å². The molecule has 1 heterocycles. The first kappa shape index (κ1) is 12.5. The number of carbonyl (C=O) groups excluding carboxylic acids is 1. The van der Waals surface area contributed by atoms with Crippen molar-refractivity contribution in [1.82, 2.24) is 4.90 Å². The van der Waals surface area contributed by atoms with Crippen molar-refractivity contribution in [2.45, 2.75) is 12.5 Å². The number of nitro benzene ring substituents is 1. The lowest BCUT2D eigenvalue weighted by atomic mass is 10.0. The van der Waals surface area contributed by atoms with Gasteiger partial charge in [-0.15, -0.1) is 0 Å². The van der Waals surface area contributed by atoms with Gasteiger partial charge in [-0.2, -0.15) is 0 Å². The second-order valence-corrected chi connectivity index (χ2v) is 4.17. The Kier molecular flexibility index (Phi) is 3.57. The van der Waals surface area contributed by atoms with Gasteiger partial charge in [0.1, 0.15) is 6.04 Å². The van der Waals surface area contributed by atoms with Gasteiger partial charge in [-0.05, 0) is 12.0 Å². The summed E-state index contributed by atoms with van der Waals surface area (Å²) in [7, 11) is 1.33. The lowest BCUT2D eigenvalue weighted by Crippen LogP contribution is -2.43. The quantitative estimate of drug-likeness (QED) is 0.460. The molecular weight excluding hydrogens is 236 g/mol. The number of ether oxygens (including phenoxy) is 1. The number of benzene rings is 1. The zero-order chi connectivity index (χ0) is 13.1. The van der Waals surface area contributed by atoms with E-state index in [0.717, 1.165) is 19.5 Å². The van der Waals surface area contributed by atoms with Crippen LogP contribution < -0.4 is 0 Å². The van der Waals surface area contributed by atoms with Crippen molar-refractivity contribution in [2.24, 2.45) is 0 Å². The summed E-state index contributed by atoms with van der Waals surface area (Å²) in [6, 6.07) is 5.60. The molecule has 1 atom stereocenters. The number of rotatable bonds is 4. The third-order valence-electron chi connectivity index (χ3n) is 3.08. The van der Waals surface area contributed by atoms with E-state index >= 15 is 0 Å². The maximum atomic E-state index is 11.8. The van der Waals surface area contributed by atoms with Crippen LogP contribution in [0, 0.1) is 10.1 Å². The highest BCUT2D eigenvalue weighted by Crippen LogP contribution is 2.28. The Morgan fingerprint density at radius 1 is 1.50 bits per heavy atom. The van der Waals surface area contributed by atoms with Gasteiger partial charge in [0.05, 0.1) is 12.0 Å². The maximum Gasteiger partial charge on any atom is 0.327 e. The minimum Gasteiger partial charge on any atom is -0.468 e. The van der Waals surface area contributed by atoms with Crippen LogP contribution in [0.25, 0.3) is 0 Å². The summed E-state index contributed by atoms with van der Waals surface area (Å²) >= 11 is 0. The summed E-state index contributed by atoms with van der Waals surface area (Å²) in [4.78, 5) is 24.0. The molecule has 0 radical (unpaired) electrons. The highest BCUT2D eigenvalue weighted by molar-refractivity contribution is 5.78. The van der Waals surface area contributed by atoms with Crippen molar-refractivity contribution in [3.63, 3.8) is 0 Å². The van der Waals surface area contributed by atoms with Gasteiger partial charge in [0.2, 0.25) is 0 Å². The average molecular weight is 250 g/mol. The van der Waals surface area contributed by atoms with E-state index in [1.54, 1.807) is 12.1 Å². The first-order valence-corrected chi connectivity index (χ1v) is 5.69. The SMILES string of the molecule is COC(=O)C(c1cccc([N+](=O)[O-])c1)N1CCC1. The monoisotopic (exact) mass is 250 g/mol. The Bertz CT molecular complexity index is 471. The summed E-state index contributed by atoms with van der Waals surface area (Å²) in [6.07, 6.45) is 1.03. The number of carbonyl (C=O) groups is 1. The lowest BCUT2D eigenvalue weighted by Gasteiger charge is -2.36. The topological polar surface area (TPSA) is 72.7 Å². The van der Waals surface area contributed by atoms with Crippen LogP contribution in [-0.2, 0) is 9.53 Å². The molecule has 1 aromatic carbocycles. The molecule has 1 saturated heterocycles. The number of methoxy groups -OCH3 is 1. The lowest BCUT2D eigenvalue weighted by molar-refractivity contribution is -0.384. The van der Waals surface area contributed by atoms with Crippen molar-refractivity contribution >= 4 is 11.7 Å². The molecule has 1 fully saturated rings. The molecule has 2 rings (SSSR count). The zero-order valence-electron chi connectivity index (χ0n) is 10.0. The van der Waals surface area contributed by atoms with Gasteiger partial charge < -0.3 is 4.74 Å². The Balaban J connectivity index is 2.32. The summed E-state index contributed by atoms with van der Waals surface area (Å²) in [6.45, 7) is 1.62. The smallest absolute Gasteiger partial charge is 0.327 e. The standard InChI is InChI=1S/C12H14N2O4/c1-18-12(15)11(13-6-3-7-13)9-4-2-5-10(8-9)14(16)17/h2,4-5,8,11H,3,6-7H2,1H3. The summed E-state index contributed by atoms with van der Waals surface area (Å²) in [5.74, 6) is -0.379. The number of esters is 1. The Morgan fingerprint density at radius 3 is 2.72 bits per heavy atom. The predicted octanol–water partition coefficient (Wildman–Crippen LogP) is 1.51. The first-order chi connectivity index (χ1) is 8.63. The largest absolute Gasteiger partial charge is 0.468 e. The van der Waals surface area contributed by atoms with Crippen LogP contribution >= 0.6 is 0 Å². The molecule has 0 spiro atoms. The highest BCUT2D eigenvalue weighted by atomic mass is 16.6. The van der Waals surface area contributed by atoms with E-state index in [9.17, 15) is 14.9 Å². The van der Waals surface area contributed by atoms with Gasteiger partial charge in [0, 0.05) is 25.2 Å². The molecule has 0 saturated carbocycles. The van der Waals surface area contributed by atoms with Crippen LogP contribution in [0.4, 0.5) is 5.69 Å². The van der Waals surface area contributed by atoms with E-state index in [4.69, 9.17) is 4.74 Å². The minimum atomic E-state index is -0.538. The van der Waals surface area contributed by atoms with E-state index in [2.05, 4.69) is 0 Å². The van der Waals surface area contributed by atoms with Crippen LogP contribution in [0.5, 0.6) is 0 Å². The molecule has 0 amide bonds. The second-order valence-electron chi connectivity index (χ2n) is 4.17. The number of nitrogens with zero attached hydrogens (tertiary/aromatic N) is 2. The van der Waals surface area contributed by atoms with E-state index < -0.39 is 11.0 Å². The highest BCUT2D eigenvalue weighted by Gasteiger charge is 2.32. The molecule has 1 aliphatic rings. The van der Waals surface area contributed by atoms with E-state index in [1.165, 1.54) is 19.2 Å². The van der Waals surface area contributed by atoms with Crippen LogP contribution in [-0.4, -0.2) is 36.0 Å². The van der Waals surface area contributed by atoms with Gasteiger partial charge in [-0.3, -0.25) is 15.0 Å². The fourth-order valence-corrected chi connectivity index (χ4v) is 2.01. The van der Waals surface area contributed by atoms with Crippen molar-refractivity contribution in [1.29, 1.82) is 0 Å². The predicted molar refractivity (Wildman–Crippen MR) is 64.0 cm³/mol. The summed E-state index contributed by atoms with van der Waals surface area (Å²) in [5.41, 5.74) is 0.595. The molecule has 1 aliphatic heterocycles. The van der Waals surface area contributed by atoms with Crippen molar-refractivity contribution in [3.8, 4) is 0 Å². The van der Waals surface area contributed by atoms with E-state index in [1.807, 2.05) is 4.90 Å². The number of nitro groups is 1. The molecule has 0 aromatic heterocycles. The first-order valence-electron chi connectivity index (χ1n) is 5.69. The zero-order valence-corrected chi connectivity index (χ0v) is 10.0. The van der Waals surface area contributed by atoms with Gasteiger partial charge in [-0.1, -0.05) is 12.1 Å². The molecule has 0 N–H and O–H groups in total. The number of hydrogen-bond acceptors (Lipinski definition) is 5. The maximum absolute atomic E-state index is 11.8. The molecule has 6 heteroatoms. The Hall–Kier alpha value is -1.95. The number of hydrogen-bond donors (Lipinski definition) is 0. The molecule has 18 heavy (non-hydrogen) atoms. The fourth-order valence-electron chi connectivity index (χ4n) is 2.01. The fraction of sp³-hybridized carbons (Fsp3) is 0.417. The number of likely N-dealkylation sites (tertiary alicyclic amines) is 1. The Morgan fingerprint density at radius 2 is 2.22 bits per heavy atom. The second kappa shape index (κ2) is 5.14. The minimum absolute atomic E-state index is 0.0121. The Labute approximate surface area is 104 Å². The van der Waals surface area contributed by atoms with Crippen molar-refractivity contribution < 1.29 is 14.5 Å². The van der Waals surface area contributed by atoms with Crippen LogP contribution in [0.15, 0.2) is 24.3 Å². The van der Waals surface area contributed by atoms with Crippen molar-refractivity contribution in [2.75, 3.05) is 20.2 Å². The van der Waals surface area contributed by atoms with Crippen LogP contribution in [0.1, 0.15) is 18.0 Å². The number of non-ortho nitro benzene ring substituents is 1. The normalized spacial score (nSPS) is 16.7.